The van der Waals surface area contributed by atoms with Crippen LogP contribution in [0.3, 0.4) is 0 Å². The van der Waals surface area contributed by atoms with Gasteiger partial charge in [0.25, 0.3) is 0 Å². The lowest BCUT2D eigenvalue weighted by Crippen LogP contribution is -2.24. The van der Waals surface area contributed by atoms with Gasteiger partial charge >= 0.3 is 0 Å². The van der Waals surface area contributed by atoms with E-state index in [9.17, 15) is 9.90 Å². The molecule has 0 fully saturated rings. The number of carbonyl (C=O) groups excluding carboxylic acids is 1. The van der Waals surface area contributed by atoms with Crippen molar-refractivity contribution in [3.63, 3.8) is 0 Å². The Labute approximate surface area is 143 Å². The molecule has 1 aromatic heterocycles. The zero-order valence-corrected chi connectivity index (χ0v) is 14.9. The van der Waals surface area contributed by atoms with Crippen LogP contribution in [-0.2, 0) is 23.8 Å². The summed E-state index contributed by atoms with van der Waals surface area (Å²) >= 11 is 0. The lowest BCUT2D eigenvalue weighted by molar-refractivity contribution is -0.121. The second-order valence-corrected chi connectivity index (χ2v) is 7.15. The van der Waals surface area contributed by atoms with Crippen LogP contribution in [-0.4, -0.2) is 20.8 Å². The van der Waals surface area contributed by atoms with Crippen molar-refractivity contribution in [2.24, 2.45) is 7.05 Å². The Kier molecular flexibility index (Phi) is 5.78. The number of rotatable bonds is 6. The second kappa shape index (κ2) is 7.62. The summed E-state index contributed by atoms with van der Waals surface area (Å²) < 4.78 is 1.73. The standard InChI is InChI=1S/C19H27N3O2/c1-19(2,3)15-7-5-14(6-8-15)17(23)9-10-18(24)20-13-16-11-12-21-22(16)4/h5-8,11-12,17,23H,9-10,13H2,1-4H3,(H,20,24)/t17-/m0/s1. The van der Waals surface area contributed by atoms with Gasteiger partial charge in [-0.15, -0.1) is 0 Å². The molecular weight excluding hydrogens is 302 g/mol. The van der Waals surface area contributed by atoms with Crippen LogP contribution < -0.4 is 5.32 Å². The van der Waals surface area contributed by atoms with Crippen LogP contribution in [0.1, 0.15) is 56.5 Å². The van der Waals surface area contributed by atoms with E-state index in [-0.39, 0.29) is 11.3 Å². The van der Waals surface area contributed by atoms with Gasteiger partial charge < -0.3 is 10.4 Å². The first-order valence-corrected chi connectivity index (χ1v) is 8.29. The predicted octanol–water partition coefficient (Wildman–Crippen LogP) is 2.85. The zero-order chi connectivity index (χ0) is 17.7. The van der Waals surface area contributed by atoms with E-state index in [0.717, 1.165) is 11.3 Å². The van der Waals surface area contributed by atoms with Crippen LogP contribution in [0.5, 0.6) is 0 Å². The van der Waals surface area contributed by atoms with E-state index >= 15 is 0 Å². The molecule has 0 spiro atoms. The molecule has 0 saturated heterocycles. The summed E-state index contributed by atoms with van der Waals surface area (Å²) in [6.07, 6.45) is 1.78. The molecule has 0 saturated carbocycles. The van der Waals surface area contributed by atoms with Gasteiger partial charge in [-0.1, -0.05) is 45.0 Å². The highest BCUT2D eigenvalue weighted by Crippen LogP contribution is 2.25. The van der Waals surface area contributed by atoms with E-state index in [1.165, 1.54) is 5.56 Å². The Morgan fingerprint density at radius 1 is 1.25 bits per heavy atom. The summed E-state index contributed by atoms with van der Waals surface area (Å²) in [6.45, 7) is 6.92. The fourth-order valence-corrected chi connectivity index (χ4v) is 2.49. The third kappa shape index (κ3) is 4.93. The van der Waals surface area contributed by atoms with Gasteiger partial charge in [-0.25, -0.2) is 0 Å². The molecule has 0 radical (unpaired) electrons. The van der Waals surface area contributed by atoms with Crippen molar-refractivity contribution >= 4 is 5.91 Å². The first-order chi connectivity index (χ1) is 11.3. The number of aliphatic hydroxyl groups is 1. The Morgan fingerprint density at radius 3 is 2.46 bits per heavy atom. The minimum Gasteiger partial charge on any atom is -0.388 e. The summed E-state index contributed by atoms with van der Waals surface area (Å²) in [7, 11) is 1.84. The average Bonchev–Trinajstić information content (AvgIpc) is 2.95. The van der Waals surface area contributed by atoms with Crippen LogP contribution >= 0.6 is 0 Å². The number of aryl methyl sites for hydroxylation is 1. The molecule has 2 N–H and O–H groups in total. The van der Waals surface area contributed by atoms with E-state index < -0.39 is 6.10 Å². The normalized spacial score (nSPS) is 12.9. The fraction of sp³-hybridized carbons (Fsp3) is 0.474. The Balaban J connectivity index is 1.81. The van der Waals surface area contributed by atoms with E-state index in [4.69, 9.17) is 0 Å². The van der Waals surface area contributed by atoms with Gasteiger partial charge in [0.1, 0.15) is 0 Å². The molecule has 24 heavy (non-hydrogen) atoms. The Bertz CT molecular complexity index is 669. The molecule has 130 valence electrons. The average molecular weight is 329 g/mol. The van der Waals surface area contributed by atoms with Crippen LogP contribution in [0.2, 0.25) is 0 Å². The van der Waals surface area contributed by atoms with Gasteiger partial charge in [0.2, 0.25) is 5.91 Å². The smallest absolute Gasteiger partial charge is 0.220 e. The van der Waals surface area contributed by atoms with Crippen LogP contribution in [0.25, 0.3) is 0 Å². The van der Waals surface area contributed by atoms with Crippen LogP contribution in [0.4, 0.5) is 0 Å². The van der Waals surface area contributed by atoms with Crippen molar-refractivity contribution in [3.05, 3.63) is 53.3 Å². The topological polar surface area (TPSA) is 67.2 Å². The molecule has 0 bridgehead atoms. The van der Waals surface area contributed by atoms with Crippen LogP contribution in [0.15, 0.2) is 36.5 Å². The van der Waals surface area contributed by atoms with Crippen molar-refractivity contribution in [1.29, 1.82) is 0 Å². The summed E-state index contributed by atoms with van der Waals surface area (Å²) in [5.41, 5.74) is 3.12. The number of benzene rings is 1. The van der Waals surface area contributed by atoms with Gasteiger partial charge in [-0.05, 0) is 29.0 Å². The van der Waals surface area contributed by atoms with E-state index in [1.54, 1.807) is 10.9 Å². The Hall–Kier alpha value is -2.14. The highest BCUT2D eigenvalue weighted by molar-refractivity contribution is 5.75. The van der Waals surface area contributed by atoms with Crippen molar-refractivity contribution in [1.82, 2.24) is 15.1 Å². The number of nitrogens with one attached hydrogen (secondary N) is 1. The monoisotopic (exact) mass is 329 g/mol. The molecule has 5 heteroatoms. The predicted molar refractivity (Wildman–Crippen MR) is 94.4 cm³/mol. The van der Waals surface area contributed by atoms with Gasteiger partial charge in [0, 0.05) is 19.7 Å². The minimum absolute atomic E-state index is 0.0680. The lowest BCUT2D eigenvalue weighted by Gasteiger charge is -2.20. The van der Waals surface area contributed by atoms with Crippen molar-refractivity contribution in [2.75, 3.05) is 0 Å². The van der Waals surface area contributed by atoms with E-state index in [2.05, 4.69) is 31.2 Å². The third-order valence-electron chi connectivity index (χ3n) is 4.20. The largest absolute Gasteiger partial charge is 0.388 e. The first kappa shape index (κ1) is 18.2. The summed E-state index contributed by atoms with van der Waals surface area (Å²) in [5, 5.41) is 17.2. The summed E-state index contributed by atoms with van der Waals surface area (Å²) in [4.78, 5) is 11.9. The zero-order valence-electron chi connectivity index (χ0n) is 14.9. The number of hydrogen-bond acceptors (Lipinski definition) is 3. The maximum atomic E-state index is 11.9. The number of aromatic nitrogens is 2. The highest BCUT2D eigenvalue weighted by Gasteiger charge is 2.15. The third-order valence-corrected chi connectivity index (χ3v) is 4.20. The SMILES string of the molecule is Cn1nccc1CNC(=O)CC[C@H](O)c1ccc(C(C)(C)C)cc1. The fourth-order valence-electron chi connectivity index (χ4n) is 2.49. The van der Waals surface area contributed by atoms with Crippen molar-refractivity contribution < 1.29 is 9.90 Å². The summed E-state index contributed by atoms with van der Waals surface area (Å²) in [6, 6.07) is 9.84. The molecule has 0 aliphatic carbocycles. The number of amides is 1. The number of hydrogen-bond donors (Lipinski definition) is 2. The molecule has 0 aliphatic rings. The summed E-state index contributed by atoms with van der Waals surface area (Å²) in [5.74, 6) is -0.0680. The van der Waals surface area contributed by atoms with Gasteiger partial charge in [0.05, 0.1) is 18.3 Å². The molecule has 2 rings (SSSR count). The maximum absolute atomic E-state index is 11.9. The van der Waals surface area contributed by atoms with Crippen LogP contribution in [0, 0.1) is 0 Å². The molecule has 2 aromatic rings. The Morgan fingerprint density at radius 2 is 1.92 bits per heavy atom. The van der Waals surface area contributed by atoms with Crippen molar-refractivity contribution in [2.45, 2.75) is 51.7 Å². The minimum atomic E-state index is -0.624. The van der Waals surface area contributed by atoms with Gasteiger partial charge in [-0.3, -0.25) is 9.48 Å². The molecule has 0 aliphatic heterocycles. The highest BCUT2D eigenvalue weighted by atomic mass is 16.3. The molecule has 0 unspecified atom stereocenters. The first-order valence-electron chi connectivity index (χ1n) is 8.29. The molecule has 5 nitrogen and oxygen atoms in total. The quantitative estimate of drug-likeness (QED) is 0.856. The number of carbonyl (C=O) groups is 1. The van der Waals surface area contributed by atoms with E-state index in [0.29, 0.717) is 19.4 Å². The van der Waals surface area contributed by atoms with Gasteiger partial charge in [0.15, 0.2) is 0 Å². The number of nitrogens with zero attached hydrogens (tertiary/aromatic N) is 2. The second-order valence-electron chi connectivity index (χ2n) is 7.15. The molecular formula is C19H27N3O2. The maximum Gasteiger partial charge on any atom is 0.220 e. The molecule has 1 atom stereocenters. The lowest BCUT2D eigenvalue weighted by atomic mass is 9.86. The van der Waals surface area contributed by atoms with Gasteiger partial charge in [-0.2, -0.15) is 5.10 Å². The molecule has 1 aromatic carbocycles. The van der Waals surface area contributed by atoms with Crippen molar-refractivity contribution in [3.8, 4) is 0 Å². The molecule has 1 amide bonds. The molecule has 1 heterocycles. The number of aliphatic hydroxyl groups excluding tert-OH is 1. The van der Waals surface area contributed by atoms with E-state index in [1.807, 2.05) is 37.4 Å².